The van der Waals surface area contributed by atoms with Crippen LogP contribution in [0.5, 0.6) is 0 Å². The largest absolute Gasteiger partial charge is 0.457 e. The molecule has 0 aromatic heterocycles. The number of nitrogens with one attached hydrogen (secondary N) is 1. The molecule has 0 fully saturated rings. The van der Waals surface area contributed by atoms with E-state index in [1.807, 2.05) is 0 Å². The summed E-state index contributed by atoms with van der Waals surface area (Å²) in [7, 11) is 0. The van der Waals surface area contributed by atoms with E-state index >= 15 is 0 Å². The van der Waals surface area contributed by atoms with Crippen LogP contribution in [-0.4, -0.2) is 17.6 Å². The second-order valence-corrected chi connectivity index (χ2v) is 6.30. The normalized spacial score (nSPS) is 13.8. The molecule has 1 heterocycles. The van der Waals surface area contributed by atoms with E-state index in [4.69, 9.17) is 4.74 Å². The third-order valence-corrected chi connectivity index (χ3v) is 4.60. The fraction of sp³-hybridized carbons (Fsp3) is 0.176. The van der Waals surface area contributed by atoms with E-state index in [9.17, 15) is 22.8 Å². The zero-order chi connectivity index (χ0) is 18.0. The lowest BCUT2D eigenvalue weighted by molar-refractivity contribution is -0.138. The molecular formula is C17H12F3NO3S. The van der Waals surface area contributed by atoms with Crippen LogP contribution in [0.25, 0.3) is 0 Å². The molecule has 0 spiro atoms. The Balaban J connectivity index is 1.74. The number of hydrogen-bond donors (Lipinski definition) is 1. The summed E-state index contributed by atoms with van der Waals surface area (Å²) < 4.78 is 43.8. The molecule has 1 aliphatic rings. The number of thioether (sulfide) groups is 1. The summed E-state index contributed by atoms with van der Waals surface area (Å²) in [6.07, 6.45) is -4.52. The van der Waals surface area contributed by atoms with Gasteiger partial charge in [0.15, 0.2) is 0 Å². The van der Waals surface area contributed by atoms with E-state index in [-0.39, 0.29) is 17.0 Å². The van der Waals surface area contributed by atoms with Crippen LogP contribution in [0.15, 0.2) is 47.4 Å². The fourth-order valence-corrected chi connectivity index (χ4v) is 3.15. The van der Waals surface area contributed by atoms with Crippen LogP contribution >= 0.6 is 11.8 Å². The first-order valence-corrected chi connectivity index (χ1v) is 8.22. The lowest BCUT2D eigenvalue weighted by atomic mass is 10.1. The Kier molecular flexibility index (Phi) is 4.71. The zero-order valence-electron chi connectivity index (χ0n) is 12.7. The van der Waals surface area contributed by atoms with E-state index in [0.717, 1.165) is 11.0 Å². The molecule has 1 N–H and O–H groups in total. The van der Waals surface area contributed by atoms with Gasteiger partial charge in [-0.05, 0) is 24.3 Å². The molecule has 1 aliphatic heterocycles. The molecule has 0 saturated heterocycles. The first-order chi connectivity index (χ1) is 11.8. The van der Waals surface area contributed by atoms with Gasteiger partial charge in [-0.3, -0.25) is 4.79 Å². The van der Waals surface area contributed by atoms with E-state index in [0.29, 0.717) is 11.4 Å². The summed E-state index contributed by atoms with van der Waals surface area (Å²) >= 11 is 1.34. The van der Waals surface area contributed by atoms with Crippen molar-refractivity contribution in [3.8, 4) is 0 Å². The Hall–Kier alpha value is -2.48. The minimum atomic E-state index is -4.52. The van der Waals surface area contributed by atoms with Gasteiger partial charge in [0.1, 0.15) is 6.61 Å². The standard InChI is InChI=1S/C17H12F3NO3S/c18-17(19,20)12-4-2-1-3-11(12)8-24-16(23)10-5-6-14-13(7-10)21-15(22)9-25-14/h1-7H,8-9H2,(H,21,22). The maximum absolute atomic E-state index is 12.9. The molecule has 4 nitrogen and oxygen atoms in total. The molecule has 0 saturated carbocycles. The minimum Gasteiger partial charge on any atom is -0.457 e. The average molecular weight is 367 g/mol. The van der Waals surface area contributed by atoms with Gasteiger partial charge in [-0.2, -0.15) is 13.2 Å². The summed E-state index contributed by atoms with van der Waals surface area (Å²) in [5.41, 5.74) is -0.306. The van der Waals surface area contributed by atoms with Gasteiger partial charge in [-0.25, -0.2) is 4.79 Å². The van der Waals surface area contributed by atoms with Crippen molar-refractivity contribution < 1.29 is 27.5 Å². The molecule has 0 aliphatic carbocycles. The summed E-state index contributed by atoms with van der Waals surface area (Å²) in [6, 6.07) is 9.56. The highest BCUT2D eigenvalue weighted by atomic mass is 32.2. The molecule has 25 heavy (non-hydrogen) atoms. The van der Waals surface area contributed by atoms with Crippen LogP contribution in [0, 0.1) is 0 Å². The molecule has 130 valence electrons. The van der Waals surface area contributed by atoms with E-state index in [1.165, 1.54) is 42.1 Å². The number of ether oxygens (including phenoxy) is 1. The van der Waals surface area contributed by atoms with Gasteiger partial charge in [0, 0.05) is 10.5 Å². The number of alkyl halides is 3. The first kappa shape index (κ1) is 17.3. The Bertz CT molecular complexity index is 836. The molecular weight excluding hydrogens is 355 g/mol. The first-order valence-electron chi connectivity index (χ1n) is 7.23. The fourth-order valence-electron chi connectivity index (χ4n) is 2.36. The quantitative estimate of drug-likeness (QED) is 0.830. The van der Waals surface area contributed by atoms with Crippen molar-refractivity contribution in [2.75, 3.05) is 11.1 Å². The van der Waals surface area contributed by atoms with Gasteiger partial charge >= 0.3 is 12.1 Å². The Morgan fingerprint density at radius 3 is 2.72 bits per heavy atom. The van der Waals surface area contributed by atoms with Crippen LogP contribution < -0.4 is 5.32 Å². The van der Waals surface area contributed by atoms with Crippen molar-refractivity contribution in [3.05, 3.63) is 59.2 Å². The number of anilines is 1. The van der Waals surface area contributed by atoms with Gasteiger partial charge in [0.25, 0.3) is 0 Å². The molecule has 1 amide bonds. The van der Waals surface area contributed by atoms with Gasteiger partial charge in [0.2, 0.25) is 5.91 Å². The van der Waals surface area contributed by atoms with E-state index in [1.54, 1.807) is 6.07 Å². The van der Waals surface area contributed by atoms with Crippen LogP contribution in [0.2, 0.25) is 0 Å². The number of hydrogen-bond acceptors (Lipinski definition) is 4. The molecule has 2 aromatic carbocycles. The van der Waals surface area contributed by atoms with Crippen molar-refractivity contribution in [2.45, 2.75) is 17.7 Å². The van der Waals surface area contributed by atoms with Gasteiger partial charge < -0.3 is 10.1 Å². The highest BCUT2D eigenvalue weighted by Crippen LogP contribution is 2.33. The van der Waals surface area contributed by atoms with Gasteiger partial charge in [-0.15, -0.1) is 11.8 Å². The van der Waals surface area contributed by atoms with Gasteiger partial charge in [0.05, 0.1) is 22.6 Å². The van der Waals surface area contributed by atoms with Crippen molar-refractivity contribution in [3.63, 3.8) is 0 Å². The van der Waals surface area contributed by atoms with Gasteiger partial charge in [-0.1, -0.05) is 18.2 Å². The number of amides is 1. The minimum absolute atomic E-state index is 0.120. The third-order valence-electron chi connectivity index (χ3n) is 3.53. The highest BCUT2D eigenvalue weighted by molar-refractivity contribution is 8.00. The molecule has 3 rings (SSSR count). The number of carbonyl (C=O) groups excluding carboxylic acids is 2. The predicted molar refractivity (Wildman–Crippen MR) is 86.4 cm³/mol. The van der Waals surface area contributed by atoms with Crippen molar-refractivity contribution in [1.82, 2.24) is 0 Å². The lowest BCUT2D eigenvalue weighted by Crippen LogP contribution is -2.19. The Morgan fingerprint density at radius 1 is 1.20 bits per heavy atom. The van der Waals surface area contributed by atoms with E-state index in [2.05, 4.69) is 5.32 Å². The summed E-state index contributed by atoms with van der Waals surface area (Å²) in [4.78, 5) is 24.3. The van der Waals surface area contributed by atoms with Crippen molar-refractivity contribution in [1.29, 1.82) is 0 Å². The highest BCUT2D eigenvalue weighted by Gasteiger charge is 2.33. The second-order valence-electron chi connectivity index (χ2n) is 5.28. The van der Waals surface area contributed by atoms with Crippen LogP contribution in [0.1, 0.15) is 21.5 Å². The summed E-state index contributed by atoms with van der Waals surface area (Å²) in [6.45, 7) is -0.493. The number of halogens is 3. The van der Waals surface area contributed by atoms with E-state index < -0.39 is 24.3 Å². The molecule has 2 aromatic rings. The summed E-state index contributed by atoms with van der Waals surface area (Å²) in [5.74, 6) is -0.642. The summed E-state index contributed by atoms with van der Waals surface area (Å²) in [5, 5.41) is 2.64. The molecule has 0 unspecified atom stereocenters. The molecule has 0 atom stereocenters. The number of benzene rings is 2. The van der Waals surface area contributed by atoms with Crippen molar-refractivity contribution in [2.24, 2.45) is 0 Å². The number of fused-ring (bicyclic) bond motifs is 1. The molecule has 0 bridgehead atoms. The Morgan fingerprint density at radius 2 is 1.96 bits per heavy atom. The average Bonchev–Trinajstić information content (AvgIpc) is 2.58. The second kappa shape index (κ2) is 6.79. The SMILES string of the molecule is O=C1CSc2ccc(C(=O)OCc3ccccc3C(F)(F)F)cc2N1. The number of rotatable bonds is 3. The smallest absolute Gasteiger partial charge is 0.416 e. The number of esters is 1. The zero-order valence-corrected chi connectivity index (χ0v) is 13.5. The van der Waals surface area contributed by atoms with Crippen LogP contribution in [-0.2, 0) is 22.3 Å². The third kappa shape index (κ3) is 3.96. The maximum Gasteiger partial charge on any atom is 0.416 e. The predicted octanol–water partition coefficient (Wildman–Crippen LogP) is 4.11. The monoisotopic (exact) mass is 367 g/mol. The lowest BCUT2D eigenvalue weighted by Gasteiger charge is -2.17. The Labute approximate surface area is 145 Å². The van der Waals surface area contributed by atoms with Crippen LogP contribution in [0.4, 0.5) is 18.9 Å². The molecule has 0 radical (unpaired) electrons. The van der Waals surface area contributed by atoms with Crippen LogP contribution in [0.3, 0.4) is 0 Å². The molecule has 8 heteroatoms. The number of carbonyl (C=O) groups is 2. The maximum atomic E-state index is 12.9. The topological polar surface area (TPSA) is 55.4 Å². The van der Waals surface area contributed by atoms with Crippen molar-refractivity contribution >= 4 is 29.3 Å².